The maximum absolute atomic E-state index is 12.3. The van der Waals surface area contributed by atoms with E-state index in [9.17, 15) is 9.59 Å². The van der Waals surface area contributed by atoms with Crippen LogP contribution >= 0.6 is 23.1 Å². The summed E-state index contributed by atoms with van der Waals surface area (Å²) in [5.74, 6) is 0.503. The summed E-state index contributed by atoms with van der Waals surface area (Å²) in [6.45, 7) is 7.35. The first kappa shape index (κ1) is 18.9. The molecule has 1 atom stereocenters. The third-order valence-corrected chi connectivity index (χ3v) is 5.62. The quantitative estimate of drug-likeness (QED) is 0.760. The van der Waals surface area contributed by atoms with E-state index in [0.29, 0.717) is 6.04 Å². The molecule has 3 amide bonds. The fraction of sp³-hybridized carbons (Fsp3) is 0.529. The van der Waals surface area contributed by atoms with Gasteiger partial charge in [0.2, 0.25) is 5.91 Å². The van der Waals surface area contributed by atoms with Crippen molar-refractivity contribution in [3.63, 3.8) is 0 Å². The standard InChI is InChI=1S/C17H23N5O2S2/c1-10(14(23)18-15(24)19-17(2,3)4)26-16-21-20-13(12-6-5-9-25-12)22(16)11-7-8-11/h5-6,9-11H,7-8H2,1-4H3,(H2,18,19,23,24)/t10-/m1/s1. The lowest BCUT2D eigenvalue weighted by atomic mass is 10.1. The van der Waals surface area contributed by atoms with Gasteiger partial charge in [0.15, 0.2) is 11.0 Å². The summed E-state index contributed by atoms with van der Waals surface area (Å²) in [4.78, 5) is 25.3. The van der Waals surface area contributed by atoms with Gasteiger partial charge in [-0.2, -0.15) is 0 Å². The van der Waals surface area contributed by atoms with Crippen molar-refractivity contribution in [1.29, 1.82) is 0 Å². The Morgan fingerprint density at radius 1 is 1.35 bits per heavy atom. The Morgan fingerprint density at radius 3 is 2.65 bits per heavy atom. The van der Waals surface area contributed by atoms with E-state index in [0.717, 1.165) is 28.7 Å². The second kappa shape index (κ2) is 7.40. The molecular weight excluding hydrogens is 370 g/mol. The van der Waals surface area contributed by atoms with E-state index in [-0.39, 0.29) is 5.91 Å². The molecule has 1 fully saturated rings. The van der Waals surface area contributed by atoms with Crippen molar-refractivity contribution >= 4 is 35.0 Å². The van der Waals surface area contributed by atoms with E-state index in [4.69, 9.17) is 0 Å². The molecule has 1 aliphatic rings. The summed E-state index contributed by atoms with van der Waals surface area (Å²) in [7, 11) is 0. The largest absolute Gasteiger partial charge is 0.333 e. The minimum atomic E-state index is -0.488. The van der Waals surface area contributed by atoms with Crippen molar-refractivity contribution in [3.8, 4) is 10.7 Å². The number of hydrogen-bond donors (Lipinski definition) is 2. The van der Waals surface area contributed by atoms with Crippen molar-refractivity contribution in [2.24, 2.45) is 0 Å². The van der Waals surface area contributed by atoms with Crippen LogP contribution in [0, 0.1) is 0 Å². The summed E-state index contributed by atoms with van der Waals surface area (Å²) in [5, 5.41) is 16.0. The Balaban J connectivity index is 1.69. The van der Waals surface area contributed by atoms with Gasteiger partial charge in [-0.25, -0.2) is 4.79 Å². The summed E-state index contributed by atoms with van der Waals surface area (Å²) >= 11 is 2.95. The maximum atomic E-state index is 12.3. The summed E-state index contributed by atoms with van der Waals surface area (Å²) in [6.07, 6.45) is 2.19. The Bertz CT molecular complexity index is 791. The monoisotopic (exact) mass is 393 g/mol. The number of carbonyl (C=O) groups is 2. The van der Waals surface area contributed by atoms with E-state index in [1.807, 2.05) is 38.3 Å². The van der Waals surface area contributed by atoms with Gasteiger partial charge in [0, 0.05) is 11.6 Å². The predicted octanol–water partition coefficient (Wildman–Crippen LogP) is 3.45. The molecule has 0 bridgehead atoms. The molecular formula is C17H23N5O2S2. The highest BCUT2D eigenvalue weighted by molar-refractivity contribution is 8.00. The van der Waals surface area contributed by atoms with Crippen molar-refractivity contribution < 1.29 is 9.59 Å². The van der Waals surface area contributed by atoms with Crippen molar-refractivity contribution in [2.45, 2.75) is 62.5 Å². The van der Waals surface area contributed by atoms with Crippen LogP contribution in [0.3, 0.4) is 0 Å². The molecule has 7 nitrogen and oxygen atoms in total. The lowest BCUT2D eigenvalue weighted by Gasteiger charge is -2.21. The fourth-order valence-electron chi connectivity index (χ4n) is 2.39. The molecule has 2 heterocycles. The van der Waals surface area contributed by atoms with Crippen molar-refractivity contribution in [1.82, 2.24) is 25.4 Å². The number of carbonyl (C=O) groups excluding carboxylic acids is 2. The number of urea groups is 1. The van der Waals surface area contributed by atoms with Gasteiger partial charge in [0.25, 0.3) is 0 Å². The van der Waals surface area contributed by atoms with E-state index >= 15 is 0 Å². The van der Waals surface area contributed by atoms with Crippen LogP contribution < -0.4 is 10.6 Å². The second-order valence-electron chi connectivity index (χ2n) is 7.34. The van der Waals surface area contributed by atoms with E-state index in [1.54, 1.807) is 18.3 Å². The Labute approximate surface area is 161 Å². The number of rotatable bonds is 5. The van der Waals surface area contributed by atoms with Crippen LogP contribution in [0.15, 0.2) is 22.7 Å². The average molecular weight is 394 g/mol. The third-order valence-electron chi connectivity index (χ3n) is 3.69. The SMILES string of the molecule is C[C@@H](Sc1nnc(-c2cccs2)n1C1CC1)C(=O)NC(=O)NC(C)(C)C. The number of imide groups is 1. The first-order valence-electron chi connectivity index (χ1n) is 8.53. The molecule has 1 aliphatic carbocycles. The topological polar surface area (TPSA) is 88.9 Å². The number of thiophene rings is 1. The van der Waals surface area contributed by atoms with Crippen LogP contribution in [0.4, 0.5) is 4.79 Å². The number of aromatic nitrogens is 3. The Morgan fingerprint density at radius 2 is 2.08 bits per heavy atom. The van der Waals surface area contributed by atoms with Gasteiger partial charge in [0.1, 0.15) is 0 Å². The molecule has 0 spiro atoms. The third kappa shape index (κ3) is 4.64. The molecule has 9 heteroatoms. The molecule has 0 aliphatic heterocycles. The molecule has 140 valence electrons. The van der Waals surface area contributed by atoms with Gasteiger partial charge in [-0.05, 0) is 52.0 Å². The van der Waals surface area contributed by atoms with Gasteiger partial charge in [0.05, 0.1) is 10.1 Å². The zero-order valence-electron chi connectivity index (χ0n) is 15.3. The summed E-state index contributed by atoms with van der Waals surface area (Å²) in [5.41, 5.74) is -0.400. The molecule has 2 N–H and O–H groups in total. The molecule has 1 saturated carbocycles. The van der Waals surface area contributed by atoms with Crippen LogP contribution in [-0.2, 0) is 4.79 Å². The Kier molecular flexibility index (Phi) is 5.38. The average Bonchev–Trinajstić information content (AvgIpc) is 3.06. The van der Waals surface area contributed by atoms with Crippen molar-refractivity contribution in [2.75, 3.05) is 0 Å². The molecule has 0 radical (unpaired) electrons. The summed E-state index contributed by atoms with van der Waals surface area (Å²) < 4.78 is 2.12. The predicted molar refractivity (Wildman–Crippen MR) is 103 cm³/mol. The van der Waals surface area contributed by atoms with Crippen LogP contribution in [-0.4, -0.2) is 37.5 Å². The Hall–Kier alpha value is -1.87. The second-order valence-corrected chi connectivity index (χ2v) is 9.59. The number of nitrogens with one attached hydrogen (secondary N) is 2. The molecule has 3 rings (SSSR count). The highest BCUT2D eigenvalue weighted by atomic mass is 32.2. The first-order valence-corrected chi connectivity index (χ1v) is 10.3. The maximum Gasteiger partial charge on any atom is 0.321 e. The molecule has 0 saturated heterocycles. The number of amides is 3. The zero-order valence-corrected chi connectivity index (χ0v) is 16.9. The van der Waals surface area contributed by atoms with Gasteiger partial charge in [-0.1, -0.05) is 17.8 Å². The lowest BCUT2D eigenvalue weighted by Crippen LogP contribution is -2.49. The highest BCUT2D eigenvalue weighted by Gasteiger charge is 2.32. The lowest BCUT2D eigenvalue weighted by molar-refractivity contribution is -0.119. The normalized spacial score (nSPS) is 15.5. The number of hydrogen-bond acceptors (Lipinski definition) is 6. The molecule has 0 unspecified atom stereocenters. The summed E-state index contributed by atoms with van der Waals surface area (Å²) in [6, 6.07) is 3.92. The van der Waals surface area contributed by atoms with Crippen molar-refractivity contribution in [3.05, 3.63) is 17.5 Å². The zero-order chi connectivity index (χ0) is 18.9. The van der Waals surface area contributed by atoms with E-state index < -0.39 is 16.8 Å². The molecule has 0 aromatic carbocycles. The van der Waals surface area contributed by atoms with Gasteiger partial charge >= 0.3 is 6.03 Å². The van der Waals surface area contributed by atoms with Crippen LogP contribution in [0.1, 0.15) is 46.6 Å². The molecule has 2 aromatic rings. The number of thioether (sulfide) groups is 1. The van der Waals surface area contributed by atoms with Gasteiger partial charge in [-0.15, -0.1) is 21.5 Å². The molecule has 26 heavy (non-hydrogen) atoms. The first-order chi connectivity index (χ1) is 12.2. The van der Waals surface area contributed by atoms with Crippen LogP contribution in [0.2, 0.25) is 0 Å². The molecule has 2 aromatic heterocycles. The smallest absolute Gasteiger partial charge is 0.321 e. The van der Waals surface area contributed by atoms with Crippen LogP contribution in [0.5, 0.6) is 0 Å². The van der Waals surface area contributed by atoms with Gasteiger partial charge in [-0.3, -0.25) is 14.7 Å². The minimum Gasteiger partial charge on any atom is -0.333 e. The van der Waals surface area contributed by atoms with Crippen LogP contribution in [0.25, 0.3) is 10.7 Å². The van der Waals surface area contributed by atoms with E-state index in [2.05, 4.69) is 25.4 Å². The fourth-order valence-corrected chi connectivity index (χ4v) is 4.01. The number of nitrogens with zero attached hydrogens (tertiary/aromatic N) is 3. The highest BCUT2D eigenvalue weighted by Crippen LogP contribution is 2.42. The minimum absolute atomic E-state index is 0.347. The van der Waals surface area contributed by atoms with Gasteiger partial charge < -0.3 is 5.32 Å². The van der Waals surface area contributed by atoms with E-state index in [1.165, 1.54) is 11.8 Å².